The molecular formula is C17H19ClN6O2. The molecule has 1 N–H and O–H groups in total. The highest BCUT2D eigenvalue weighted by atomic mass is 35.5. The molecule has 8 nitrogen and oxygen atoms in total. The quantitative estimate of drug-likeness (QED) is 0.821. The Labute approximate surface area is 155 Å². The lowest BCUT2D eigenvalue weighted by Crippen LogP contribution is -2.49. The lowest BCUT2D eigenvalue weighted by molar-refractivity contribution is -0.123. The normalized spacial score (nSPS) is 16.5. The van der Waals surface area contributed by atoms with Crippen LogP contribution >= 0.6 is 11.6 Å². The van der Waals surface area contributed by atoms with Gasteiger partial charge in [0, 0.05) is 0 Å². The van der Waals surface area contributed by atoms with Crippen LogP contribution in [-0.2, 0) is 11.3 Å². The summed E-state index contributed by atoms with van der Waals surface area (Å²) in [5, 5.41) is 20.2. The second-order valence-electron chi connectivity index (χ2n) is 6.44. The summed E-state index contributed by atoms with van der Waals surface area (Å²) < 4.78 is 2.00. The second-order valence-corrected chi connectivity index (χ2v) is 6.85. The van der Waals surface area contributed by atoms with E-state index in [1.54, 1.807) is 24.3 Å². The minimum Gasteiger partial charge on any atom is -0.336 e. The van der Waals surface area contributed by atoms with Crippen LogP contribution in [0, 0.1) is 11.3 Å². The largest absolute Gasteiger partial charge is 0.369 e. The number of hydrogen-bond donors (Lipinski definition) is 1. The van der Waals surface area contributed by atoms with E-state index in [1.807, 2.05) is 0 Å². The summed E-state index contributed by atoms with van der Waals surface area (Å²) in [6.07, 6.45) is 5.16. The van der Waals surface area contributed by atoms with Crippen molar-refractivity contribution >= 4 is 17.5 Å². The molecular weight excluding hydrogens is 356 g/mol. The van der Waals surface area contributed by atoms with Crippen LogP contribution in [0.25, 0.3) is 5.69 Å². The van der Waals surface area contributed by atoms with E-state index in [0.717, 1.165) is 35.0 Å². The van der Waals surface area contributed by atoms with Gasteiger partial charge in [0.15, 0.2) is 0 Å². The van der Waals surface area contributed by atoms with Crippen LogP contribution in [0.15, 0.2) is 29.1 Å². The van der Waals surface area contributed by atoms with Crippen molar-refractivity contribution in [2.75, 3.05) is 0 Å². The zero-order valence-electron chi connectivity index (χ0n) is 14.2. The summed E-state index contributed by atoms with van der Waals surface area (Å²) in [7, 11) is 0. The molecule has 0 radical (unpaired) electrons. The van der Waals surface area contributed by atoms with E-state index in [0.29, 0.717) is 23.6 Å². The highest BCUT2D eigenvalue weighted by molar-refractivity contribution is 6.32. The van der Waals surface area contributed by atoms with E-state index in [9.17, 15) is 14.9 Å². The first-order valence-electron chi connectivity index (χ1n) is 8.55. The van der Waals surface area contributed by atoms with Gasteiger partial charge in [-0.25, -0.2) is 4.79 Å². The second kappa shape index (κ2) is 7.70. The van der Waals surface area contributed by atoms with Crippen molar-refractivity contribution in [3.63, 3.8) is 0 Å². The van der Waals surface area contributed by atoms with E-state index in [4.69, 9.17) is 11.6 Å². The van der Waals surface area contributed by atoms with E-state index in [-0.39, 0.29) is 6.54 Å². The Bertz CT molecular complexity index is 889. The van der Waals surface area contributed by atoms with Gasteiger partial charge in [-0.15, -0.1) is 0 Å². The lowest BCUT2D eigenvalue weighted by atomic mass is 9.92. The number of nitrogens with zero attached hydrogens (tertiary/aromatic N) is 5. The Morgan fingerprint density at radius 1 is 1.23 bits per heavy atom. The maximum Gasteiger partial charge on any atom is 0.369 e. The number of nitriles is 1. The molecule has 0 unspecified atom stereocenters. The number of hydrogen-bond acceptors (Lipinski definition) is 5. The van der Waals surface area contributed by atoms with Crippen LogP contribution in [0.5, 0.6) is 0 Å². The van der Waals surface area contributed by atoms with Crippen molar-refractivity contribution in [2.45, 2.75) is 50.6 Å². The molecule has 1 amide bonds. The SMILES string of the molecule is N#CC1(NC(=O)Cn2nnn(-c3ccccc3Cl)c2=O)CCCCCC1. The zero-order valence-corrected chi connectivity index (χ0v) is 14.9. The molecule has 0 saturated heterocycles. The third kappa shape index (κ3) is 3.78. The Morgan fingerprint density at radius 2 is 1.92 bits per heavy atom. The number of carbonyl (C=O) groups excluding carboxylic acids is 1. The molecule has 1 aromatic heterocycles. The smallest absolute Gasteiger partial charge is 0.336 e. The molecule has 136 valence electrons. The topological polar surface area (TPSA) is 106 Å². The fraction of sp³-hybridized carbons (Fsp3) is 0.471. The summed E-state index contributed by atoms with van der Waals surface area (Å²) in [5.41, 5.74) is -1.04. The fourth-order valence-corrected chi connectivity index (χ4v) is 3.40. The molecule has 0 aliphatic heterocycles. The first kappa shape index (κ1) is 18.1. The van der Waals surface area contributed by atoms with Crippen LogP contribution < -0.4 is 11.0 Å². The molecule has 9 heteroatoms. The molecule has 1 heterocycles. The third-order valence-corrected chi connectivity index (χ3v) is 4.88. The first-order valence-corrected chi connectivity index (χ1v) is 8.92. The van der Waals surface area contributed by atoms with Gasteiger partial charge in [0.2, 0.25) is 5.91 Å². The summed E-state index contributed by atoms with van der Waals surface area (Å²) in [6.45, 7) is -0.299. The van der Waals surface area contributed by atoms with Gasteiger partial charge in [0.25, 0.3) is 0 Å². The van der Waals surface area contributed by atoms with Gasteiger partial charge in [0.1, 0.15) is 12.1 Å². The number of benzene rings is 1. The molecule has 0 atom stereocenters. The van der Waals surface area contributed by atoms with Crippen molar-refractivity contribution in [1.82, 2.24) is 25.1 Å². The molecule has 3 rings (SSSR count). The molecule has 1 aliphatic rings. The third-order valence-electron chi connectivity index (χ3n) is 4.56. The van der Waals surface area contributed by atoms with Crippen LogP contribution in [0.1, 0.15) is 38.5 Å². The van der Waals surface area contributed by atoms with Gasteiger partial charge >= 0.3 is 5.69 Å². The summed E-state index contributed by atoms with van der Waals surface area (Å²) >= 11 is 6.07. The van der Waals surface area contributed by atoms with Crippen LogP contribution in [-0.4, -0.2) is 31.2 Å². The van der Waals surface area contributed by atoms with Crippen molar-refractivity contribution in [1.29, 1.82) is 5.26 Å². The maximum atomic E-state index is 12.5. The number of para-hydroxylation sites is 1. The van der Waals surface area contributed by atoms with Gasteiger partial charge in [-0.05, 0) is 35.4 Å². The Hall–Kier alpha value is -2.66. The Morgan fingerprint density at radius 3 is 2.58 bits per heavy atom. The van der Waals surface area contributed by atoms with Crippen LogP contribution in [0.4, 0.5) is 0 Å². The molecule has 1 fully saturated rings. The van der Waals surface area contributed by atoms with Gasteiger partial charge in [-0.1, -0.05) is 49.4 Å². The van der Waals surface area contributed by atoms with Crippen molar-refractivity contribution in [3.05, 3.63) is 39.8 Å². The van der Waals surface area contributed by atoms with Crippen molar-refractivity contribution in [2.24, 2.45) is 0 Å². The predicted molar refractivity (Wildman–Crippen MR) is 94.8 cm³/mol. The molecule has 1 aromatic carbocycles. The number of tetrazole rings is 1. The minimum atomic E-state index is -0.865. The van der Waals surface area contributed by atoms with Crippen molar-refractivity contribution in [3.8, 4) is 11.8 Å². The molecule has 1 saturated carbocycles. The Balaban J connectivity index is 1.75. The van der Waals surface area contributed by atoms with E-state index in [2.05, 4.69) is 21.8 Å². The number of rotatable bonds is 4. The average molecular weight is 375 g/mol. The van der Waals surface area contributed by atoms with E-state index < -0.39 is 17.1 Å². The lowest BCUT2D eigenvalue weighted by Gasteiger charge is -2.26. The van der Waals surface area contributed by atoms with Crippen LogP contribution in [0.3, 0.4) is 0 Å². The first-order chi connectivity index (χ1) is 12.5. The minimum absolute atomic E-state index is 0.299. The molecule has 2 aromatic rings. The number of amides is 1. The highest BCUT2D eigenvalue weighted by Crippen LogP contribution is 2.26. The molecule has 1 aliphatic carbocycles. The highest BCUT2D eigenvalue weighted by Gasteiger charge is 2.32. The predicted octanol–water partition coefficient (Wildman–Crippen LogP) is 1.82. The summed E-state index contributed by atoms with van der Waals surface area (Å²) in [4.78, 5) is 24.8. The standard InChI is InChI=1S/C17H19ClN6O2/c18-13-7-3-4-8-14(13)24-16(26)23(21-22-24)11-15(25)20-17(12-19)9-5-1-2-6-10-17/h3-4,7-8H,1-2,5-6,9-11H2,(H,20,25). The van der Waals surface area contributed by atoms with Gasteiger partial charge in [-0.2, -0.15) is 14.6 Å². The maximum absolute atomic E-state index is 12.5. The summed E-state index contributed by atoms with van der Waals surface area (Å²) in [5.74, 6) is -0.429. The number of carbonyl (C=O) groups is 1. The summed E-state index contributed by atoms with van der Waals surface area (Å²) in [6, 6.07) is 8.99. The Kier molecular flexibility index (Phi) is 5.38. The average Bonchev–Trinajstić information content (AvgIpc) is 2.84. The number of nitrogens with one attached hydrogen (secondary N) is 1. The molecule has 26 heavy (non-hydrogen) atoms. The molecule has 0 spiro atoms. The van der Waals surface area contributed by atoms with Crippen LogP contribution in [0.2, 0.25) is 5.02 Å². The van der Waals surface area contributed by atoms with Gasteiger partial charge in [0.05, 0.1) is 16.8 Å². The number of halogens is 1. The van der Waals surface area contributed by atoms with Gasteiger partial charge < -0.3 is 5.32 Å². The fourth-order valence-electron chi connectivity index (χ4n) is 3.19. The zero-order chi connectivity index (χ0) is 18.6. The van der Waals surface area contributed by atoms with E-state index >= 15 is 0 Å². The number of aromatic nitrogens is 4. The molecule has 0 bridgehead atoms. The van der Waals surface area contributed by atoms with E-state index in [1.165, 1.54) is 0 Å². The van der Waals surface area contributed by atoms with Crippen molar-refractivity contribution < 1.29 is 4.79 Å². The van der Waals surface area contributed by atoms with Gasteiger partial charge in [-0.3, -0.25) is 4.79 Å². The monoisotopic (exact) mass is 374 g/mol.